The summed E-state index contributed by atoms with van der Waals surface area (Å²) in [5.41, 5.74) is 19.3. The van der Waals surface area contributed by atoms with Crippen LogP contribution in [0.15, 0.2) is 252 Å². The number of nitrogens with one attached hydrogen (secondary N) is 3. The quantitative estimate of drug-likeness (QED) is 0.0904. The zero-order valence-electron chi connectivity index (χ0n) is 79.2. The van der Waals surface area contributed by atoms with E-state index in [1.807, 2.05) is 178 Å². The predicted molar refractivity (Wildman–Crippen MR) is 552 cm³/mol. The number of hydrogen-bond acceptors (Lipinski definition) is 27. The first kappa shape index (κ1) is 92.4. The molecule has 0 bridgehead atoms. The number of imidazole rings is 3. The van der Waals surface area contributed by atoms with Crippen molar-refractivity contribution in [3.63, 3.8) is 0 Å². The summed E-state index contributed by atoms with van der Waals surface area (Å²) in [7, 11) is 4.30. The topological polar surface area (TPSA) is 287 Å². The van der Waals surface area contributed by atoms with Gasteiger partial charge in [0.2, 0.25) is 0 Å². The van der Waals surface area contributed by atoms with Gasteiger partial charge in [-0.3, -0.25) is 0 Å². The molecular formula is C107H114N18O10S2. The smallest absolute Gasteiger partial charge is 0.346 e. The molecule has 137 heavy (non-hydrogen) atoms. The molecule has 0 spiro atoms. The summed E-state index contributed by atoms with van der Waals surface area (Å²) in [6.07, 6.45) is 15.6. The van der Waals surface area contributed by atoms with Crippen LogP contribution in [0.5, 0.6) is 0 Å². The largest absolute Gasteiger partial charge is 0.422 e. The van der Waals surface area contributed by atoms with Gasteiger partial charge in [0.05, 0.1) is 44.9 Å². The van der Waals surface area contributed by atoms with E-state index in [0.717, 1.165) is 214 Å². The standard InChI is InChI=1S/C24H26N4O2.C23H24N4O2.C22H22N4O2.2C19H21N3O2S/c1-4-17-7-8-27-14-21(26-23(27)9-17)20-10-18-5-6-19(11-22(18)30-24(20)29)28-12-15(2)25-16(3)13-28;1-3-16-6-7-27-15-20(24-22(27)12-16)19-13-17-4-5-18(14-21(17)29-23(19)28)26-10-8-25(2)9-11-26;1-2-15-5-8-26-14-19(24-21(26)11-15)18-12-16-3-4-17(13-20(16)28-22(18)27)25-9-6-23-7-10-25;1-11-8-22(9-12(2)20-11)15-5-4-14-6-16(18-21-13(3)10-25-18)19(23)24-17(14)7-15;1-13-12-25-18(20-13)16-10-14-4-5-15(11-17(14)24-19(16)23)22-7-3-6-21(2)8-9-22/h5-11,14-16,25H,4,12-13H2,1-3H3;4-7,12-15H,3,8-11H2,1-2H3;3-5,8,11-14,23H,2,6-7,9-10H2,1H3;4-7,10-12,20H,8-9H2,1-3H3;4-5,10-12H,3,6-9H2,1-2H3/t15-,16+;;;11-,12+;. The minimum absolute atomic E-state index is 0.324. The lowest BCUT2D eigenvalue weighted by Gasteiger charge is -2.37. The van der Waals surface area contributed by atoms with Crippen molar-refractivity contribution in [3.8, 4) is 54.9 Å². The van der Waals surface area contributed by atoms with Gasteiger partial charge < -0.3 is 85.5 Å². The monoisotopic (exact) mass is 1870 g/mol. The Morgan fingerprint density at radius 2 is 0.628 bits per heavy atom. The van der Waals surface area contributed by atoms with Gasteiger partial charge in [-0.05, 0) is 232 Å². The molecule has 23 rings (SSSR count). The summed E-state index contributed by atoms with van der Waals surface area (Å²) in [6.45, 7) is 34.7. The number of benzene rings is 5. The lowest BCUT2D eigenvalue weighted by Crippen LogP contribution is -2.54. The number of hydrogen-bond donors (Lipinski definition) is 3. The molecule has 5 fully saturated rings. The number of piperazine rings is 4. The van der Waals surface area contributed by atoms with Crippen LogP contribution < -0.4 is 68.6 Å². The molecule has 5 aliphatic rings. The van der Waals surface area contributed by atoms with E-state index in [9.17, 15) is 24.0 Å². The predicted octanol–water partition coefficient (Wildman–Crippen LogP) is 17.1. The van der Waals surface area contributed by atoms with E-state index in [1.165, 1.54) is 39.4 Å². The van der Waals surface area contributed by atoms with E-state index in [2.05, 4.69) is 192 Å². The third kappa shape index (κ3) is 20.9. The van der Waals surface area contributed by atoms with Gasteiger partial charge in [-0.1, -0.05) is 20.8 Å². The molecule has 18 aromatic rings. The molecule has 3 N–H and O–H groups in total. The summed E-state index contributed by atoms with van der Waals surface area (Å²) in [6, 6.07) is 54.0. The highest BCUT2D eigenvalue weighted by molar-refractivity contribution is 7.13. The molecule has 28 nitrogen and oxygen atoms in total. The van der Waals surface area contributed by atoms with Crippen LogP contribution in [-0.2, 0) is 19.3 Å². The van der Waals surface area contributed by atoms with Crippen LogP contribution in [0, 0.1) is 13.8 Å². The second-order valence-corrected chi connectivity index (χ2v) is 38.4. The lowest BCUT2D eigenvalue weighted by molar-refractivity contribution is 0.313. The van der Waals surface area contributed by atoms with Crippen LogP contribution in [0.3, 0.4) is 0 Å². The number of rotatable bonds is 13. The number of anilines is 5. The number of likely N-dealkylation sites (N-methyl/N-ethyl adjacent to an activating group) is 2. The maximum Gasteiger partial charge on any atom is 0.346 e. The molecule has 0 aliphatic carbocycles. The van der Waals surface area contributed by atoms with Crippen molar-refractivity contribution in [2.75, 3.05) is 143 Å². The van der Waals surface area contributed by atoms with Gasteiger partial charge in [-0.2, -0.15) is 0 Å². The van der Waals surface area contributed by atoms with Crippen LogP contribution in [-0.4, -0.2) is 191 Å². The Morgan fingerprint density at radius 1 is 0.336 bits per heavy atom. The zero-order chi connectivity index (χ0) is 94.8. The molecule has 4 atom stereocenters. The molecule has 0 unspecified atom stereocenters. The normalized spacial score (nSPS) is 17.4. The molecule has 0 amide bonds. The number of pyridine rings is 3. The third-order valence-electron chi connectivity index (χ3n) is 26.2. The fraction of sp³-hybridized carbons (Fsp3) is 0.327. The molecule has 30 heteroatoms. The number of nitrogens with zero attached hydrogens (tertiary/aromatic N) is 15. The molecule has 13 aromatic heterocycles. The Labute approximate surface area is 800 Å². The minimum atomic E-state index is -0.360. The highest BCUT2D eigenvalue weighted by atomic mass is 32.1. The Bertz CT molecular complexity index is 7780. The lowest BCUT2D eigenvalue weighted by atomic mass is 10.1. The van der Waals surface area contributed by atoms with E-state index in [0.29, 0.717) is 107 Å². The fourth-order valence-corrected chi connectivity index (χ4v) is 20.4. The Hall–Kier alpha value is -13.7. The van der Waals surface area contributed by atoms with Gasteiger partial charge in [-0.15, -0.1) is 22.7 Å². The van der Waals surface area contributed by atoms with Gasteiger partial charge in [0.25, 0.3) is 0 Å². The summed E-state index contributed by atoms with van der Waals surface area (Å²) >= 11 is 2.94. The first-order chi connectivity index (χ1) is 66.4. The molecule has 18 heterocycles. The van der Waals surface area contributed by atoms with Crippen molar-refractivity contribution < 1.29 is 22.1 Å². The van der Waals surface area contributed by atoms with Gasteiger partial charge in [-0.25, -0.2) is 48.9 Å². The van der Waals surface area contributed by atoms with Crippen LogP contribution in [0.2, 0.25) is 0 Å². The molecule has 5 saturated heterocycles. The molecule has 5 aliphatic heterocycles. The van der Waals surface area contributed by atoms with Gasteiger partial charge >= 0.3 is 28.1 Å². The number of fused-ring (bicyclic) bond motifs is 8. The van der Waals surface area contributed by atoms with Crippen molar-refractivity contribution in [1.29, 1.82) is 0 Å². The number of aryl methyl sites for hydroxylation is 5. The van der Waals surface area contributed by atoms with Crippen molar-refractivity contribution >= 4 is 123 Å². The Morgan fingerprint density at radius 3 is 0.942 bits per heavy atom. The summed E-state index contributed by atoms with van der Waals surface area (Å²) in [5, 5.41) is 20.3. The van der Waals surface area contributed by atoms with E-state index in [4.69, 9.17) is 22.1 Å². The summed E-state index contributed by atoms with van der Waals surface area (Å²) in [4.78, 5) is 102. The van der Waals surface area contributed by atoms with Crippen molar-refractivity contribution in [3.05, 3.63) is 286 Å². The second kappa shape index (κ2) is 40.3. The average Bonchev–Trinajstić information content (AvgIpc) is 1.76. The third-order valence-corrected chi connectivity index (χ3v) is 28.2. The average molecular weight is 1880 g/mol. The van der Waals surface area contributed by atoms with Crippen molar-refractivity contribution in [2.45, 2.75) is 112 Å². The summed E-state index contributed by atoms with van der Waals surface area (Å²) in [5.74, 6) is 0. The highest BCUT2D eigenvalue weighted by Crippen LogP contribution is 2.35. The molecule has 704 valence electrons. The maximum atomic E-state index is 12.8. The SMILES string of the molecule is CCc1ccn2cc(-c3cc4ccc(N5CCN(C)CC5)cc4oc3=O)nc2c1.CCc1ccn2cc(-c3cc4ccc(N5CCNCC5)cc4oc3=O)nc2c1.CCc1ccn2cc(-c3cc4ccc(N5C[C@@H](C)N[C@@H](C)C5)cc4oc3=O)nc2c1.Cc1csc(-c2cc3ccc(N4CCCN(C)CC4)cc3oc2=O)n1.Cc1csc(-c2cc3ccc(N4C[C@@H](C)N[C@@H](C)C4)cc3oc2=O)n1. The van der Waals surface area contributed by atoms with Crippen LogP contribution in [0.1, 0.15) is 83.0 Å². The highest BCUT2D eigenvalue weighted by Gasteiger charge is 2.27. The maximum absolute atomic E-state index is 12.8. The van der Waals surface area contributed by atoms with Gasteiger partial charge in [0.1, 0.15) is 54.9 Å². The van der Waals surface area contributed by atoms with Crippen molar-refractivity contribution in [2.24, 2.45) is 0 Å². The van der Waals surface area contributed by atoms with E-state index < -0.39 is 0 Å². The number of aromatic nitrogens is 8. The Balaban J connectivity index is 0.000000110. The number of thiazole rings is 2. The molecule has 0 radical (unpaired) electrons. The Kier molecular flexibility index (Phi) is 27.2. The molecular weight excluding hydrogens is 1760 g/mol. The van der Waals surface area contributed by atoms with Crippen LogP contribution in [0.25, 0.3) is 127 Å². The van der Waals surface area contributed by atoms with Crippen molar-refractivity contribution in [1.82, 2.24) is 63.9 Å². The molecule has 5 aromatic carbocycles. The van der Waals surface area contributed by atoms with E-state index in [1.54, 1.807) is 0 Å². The first-order valence-electron chi connectivity index (χ1n) is 47.4. The zero-order valence-corrected chi connectivity index (χ0v) is 80.8. The van der Waals surface area contributed by atoms with Crippen LogP contribution >= 0.6 is 22.7 Å². The summed E-state index contributed by atoms with van der Waals surface area (Å²) < 4.78 is 34.1. The van der Waals surface area contributed by atoms with E-state index >= 15 is 0 Å². The van der Waals surface area contributed by atoms with E-state index in [-0.39, 0.29) is 28.1 Å². The fourth-order valence-electron chi connectivity index (χ4n) is 18.8. The van der Waals surface area contributed by atoms with Crippen LogP contribution in [0.4, 0.5) is 28.4 Å². The minimum Gasteiger partial charge on any atom is -0.422 e. The van der Waals surface area contributed by atoms with Gasteiger partial charge in [0, 0.05) is 267 Å². The molecule has 0 saturated carbocycles. The second-order valence-electron chi connectivity index (χ2n) is 36.7. The first-order valence-corrected chi connectivity index (χ1v) is 49.2. The van der Waals surface area contributed by atoms with Gasteiger partial charge in [0.15, 0.2) is 0 Å².